The summed E-state index contributed by atoms with van der Waals surface area (Å²) in [5, 5.41) is 7.39. The van der Waals surface area contributed by atoms with Crippen LogP contribution in [0, 0.1) is 5.92 Å². The maximum absolute atomic E-state index is 14.6. The molecule has 1 fully saturated rings. The first-order valence-corrected chi connectivity index (χ1v) is 6.22. The maximum atomic E-state index is 14.6. The van der Waals surface area contributed by atoms with Gasteiger partial charge in [0.15, 0.2) is 5.75 Å². The van der Waals surface area contributed by atoms with Crippen LogP contribution in [0.1, 0.15) is 31.6 Å². The number of halogens is 1. The molecule has 2 unspecified atom stereocenters. The summed E-state index contributed by atoms with van der Waals surface area (Å²) in [6.07, 6.45) is 2.56. The number of nitrogens with zero attached hydrogens (tertiary/aromatic N) is 2. The van der Waals surface area contributed by atoms with Gasteiger partial charge in [-0.3, -0.25) is 4.68 Å². The van der Waals surface area contributed by atoms with Crippen molar-refractivity contribution in [1.29, 1.82) is 0 Å². The Bertz CT molecular complexity index is 339. The number of alkyl halides is 1. The Morgan fingerprint density at radius 3 is 3.12 bits per heavy atom. The minimum Gasteiger partial charge on any atom is -0.493 e. The lowest BCUT2D eigenvalue weighted by Gasteiger charge is -2.26. The molecule has 0 aromatic carbocycles. The molecule has 2 heterocycles. The number of hydrogen-bond donors (Lipinski definition) is 1. The molecule has 1 aromatic rings. The molecule has 0 radical (unpaired) electrons. The van der Waals surface area contributed by atoms with Crippen LogP contribution in [0.25, 0.3) is 0 Å². The van der Waals surface area contributed by atoms with Crippen molar-refractivity contribution in [2.75, 3.05) is 20.2 Å². The van der Waals surface area contributed by atoms with Crippen molar-refractivity contribution in [1.82, 2.24) is 15.1 Å². The maximum Gasteiger partial charge on any atom is 0.162 e. The third-order valence-electron chi connectivity index (χ3n) is 3.37. The minimum absolute atomic E-state index is 0.0275. The number of rotatable bonds is 4. The molecule has 0 spiro atoms. The molecule has 4 nitrogen and oxygen atoms in total. The molecule has 1 saturated heterocycles. The van der Waals surface area contributed by atoms with Crippen LogP contribution in [0.3, 0.4) is 0 Å². The fraction of sp³-hybridized carbons (Fsp3) is 0.750. The second-order valence-electron chi connectivity index (χ2n) is 4.42. The Kier molecular flexibility index (Phi) is 3.99. The Balaban J connectivity index is 2.21. The van der Waals surface area contributed by atoms with E-state index in [-0.39, 0.29) is 5.92 Å². The molecule has 0 amide bonds. The van der Waals surface area contributed by atoms with E-state index in [1.165, 1.54) is 0 Å². The Morgan fingerprint density at radius 1 is 1.71 bits per heavy atom. The van der Waals surface area contributed by atoms with Gasteiger partial charge in [-0.15, -0.1) is 0 Å². The van der Waals surface area contributed by atoms with Crippen LogP contribution in [0.15, 0.2) is 6.20 Å². The van der Waals surface area contributed by atoms with Gasteiger partial charge in [0, 0.05) is 19.0 Å². The van der Waals surface area contributed by atoms with Crippen LogP contribution < -0.4 is 10.1 Å². The molecule has 17 heavy (non-hydrogen) atoms. The van der Waals surface area contributed by atoms with E-state index in [1.807, 2.05) is 6.92 Å². The lowest BCUT2D eigenvalue weighted by atomic mass is 9.92. The van der Waals surface area contributed by atoms with Gasteiger partial charge in [-0.1, -0.05) is 0 Å². The number of piperidine rings is 1. The average Bonchev–Trinajstić information content (AvgIpc) is 2.81. The normalized spacial score (nSPS) is 22.4. The second kappa shape index (κ2) is 5.49. The van der Waals surface area contributed by atoms with Crippen molar-refractivity contribution < 1.29 is 9.13 Å². The summed E-state index contributed by atoms with van der Waals surface area (Å²) in [5.41, 5.74) is 0.587. The Labute approximate surface area is 101 Å². The van der Waals surface area contributed by atoms with Gasteiger partial charge in [-0.05, 0) is 26.3 Å². The summed E-state index contributed by atoms with van der Waals surface area (Å²) in [4.78, 5) is 0. The molecule has 5 heteroatoms. The van der Waals surface area contributed by atoms with E-state index in [4.69, 9.17) is 4.74 Å². The zero-order chi connectivity index (χ0) is 12.3. The monoisotopic (exact) mass is 241 g/mol. The van der Waals surface area contributed by atoms with Crippen LogP contribution in [-0.2, 0) is 6.54 Å². The van der Waals surface area contributed by atoms with Crippen molar-refractivity contribution in [2.45, 2.75) is 32.5 Å². The summed E-state index contributed by atoms with van der Waals surface area (Å²) in [5.74, 6) is 0.588. The molecule has 0 aliphatic carbocycles. The van der Waals surface area contributed by atoms with E-state index < -0.39 is 6.17 Å². The van der Waals surface area contributed by atoms with E-state index in [0.29, 0.717) is 18.0 Å². The largest absolute Gasteiger partial charge is 0.493 e. The highest BCUT2D eigenvalue weighted by Crippen LogP contribution is 2.35. The second-order valence-corrected chi connectivity index (χ2v) is 4.42. The van der Waals surface area contributed by atoms with E-state index in [9.17, 15) is 4.39 Å². The van der Waals surface area contributed by atoms with Gasteiger partial charge in [0.25, 0.3) is 0 Å². The predicted octanol–water partition coefficient (Wildman–Crippen LogP) is 1.92. The van der Waals surface area contributed by atoms with Crippen molar-refractivity contribution in [3.05, 3.63) is 11.9 Å². The first kappa shape index (κ1) is 12.4. The van der Waals surface area contributed by atoms with Gasteiger partial charge in [0.2, 0.25) is 0 Å². The summed E-state index contributed by atoms with van der Waals surface area (Å²) in [6, 6.07) is 0. The molecule has 2 atom stereocenters. The van der Waals surface area contributed by atoms with Gasteiger partial charge in [-0.25, -0.2) is 4.39 Å². The summed E-state index contributed by atoms with van der Waals surface area (Å²) in [7, 11) is 1.56. The SMILES string of the molecule is CCn1ncc(OC)c1C(F)C1CCCNC1. The summed E-state index contributed by atoms with van der Waals surface area (Å²) < 4.78 is 21.5. The van der Waals surface area contributed by atoms with Crippen molar-refractivity contribution in [3.8, 4) is 5.75 Å². The number of aryl methyl sites for hydroxylation is 1. The highest BCUT2D eigenvalue weighted by molar-refractivity contribution is 5.28. The van der Waals surface area contributed by atoms with Crippen LogP contribution >= 0.6 is 0 Å². The number of aromatic nitrogens is 2. The van der Waals surface area contributed by atoms with Gasteiger partial charge >= 0.3 is 0 Å². The molecule has 2 rings (SSSR count). The molecular formula is C12H20FN3O. The lowest BCUT2D eigenvalue weighted by molar-refractivity contribution is 0.179. The molecule has 1 N–H and O–H groups in total. The third-order valence-corrected chi connectivity index (χ3v) is 3.37. The van der Waals surface area contributed by atoms with Crippen LogP contribution in [0.4, 0.5) is 4.39 Å². The zero-order valence-electron chi connectivity index (χ0n) is 10.4. The Morgan fingerprint density at radius 2 is 2.53 bits per heavy atom. The molecule has 1 aromatic heterocycles. The van der Waals surface area contributed by atoms with E-state index >= 15 is 0 Å². The van der Waals surface area contributed by atoms with E-state index in [1.54, 1.807) is 18.0 Å². The molecule has 1 aliphatic heterocycles. The van der Waals surface area contributed by atoms with Gasteiger partial charge in [0.1, 0.15) is 11.9 Å². The smallest absolute Gasteiger partial charge is 0.162 e. The van der Waals surface area contributed by atoms with Crippen molar-refractivity contribution in [3.63, 3.8) is 0 Å². The number of hydrogen-bond acceptors (Lipinski definition) is 3. The van der Waals surface area contributed by atoms with Crippen molar-refractivity contribution >= 4 is 0 Å². The minimum atomic E-state index is -1.000. The average molecular weight is 241 g/mol. The molecule has 0 bridgehead atoms. The summed E-state index contributed by atoms with van der Waals surface area (Å²) >= 11 is 0. The number of nitrogens with one attached hydrogen (secondary N) is 1. The highest BCUT2D eigenvalue weighted by atomic mass is 19.1. The topological polar surface area (TPSA) is 39.1 Å². The quantitative estimate of drug-likeness (QED) is 0.875. The first-order valence-electron chi connectivity index (χ1n) is 6.22. The van der Waals surface area contributed by atoms with Crippen LogP contribution in [0.2, 0.25) is 0 Å². The van der Waals surface area contributed by atoms with Gasteiger partial charge in [0.05, 0.1) is 13.3 Å². The van der Waals surface area contributed by atoms with Crippen LogP contribution in [0.5, 0.6) is 5.75 Å². The molecule has 96 valence electrons. The standard InChI is InChI=1S/C12H20FN3O/c1-3-16-12(10(17-2)8-15-16)11(13)9-5-4-6-14-7-9/h8-9,11,14H,3-7H2,1-2H3. The molecule has 0 saturated carbocycles. The van der Waals surface area contributed by atoms with E-state index in [2.05, 4.69) is 10.4 Å². The number of methoxy groups -OCH3 is 1. The predicted molar refractivity (Wildman–Crippen MR) is 63.9 cm³/mol. The van der Waals surface area contributed by atoms with Crippen molar-refractivity contribution in [2.24, 2.45) is 5.92 Å². The highest BCUT2D eigenvalue weighted by Gasteiger charge is 2.30. The van der Waals surface area contributed by atoms with Gasteiger partial charge < -0.3 is 10.1 Å². The summed E-state index contributed by atoms with van der Waals surface area (Å²) in [6.45, 7) is 4.35. The van der Waals surface area contributed by atoms with Gasteiger partial charge in [-0.2, -0.15) is 5.10 Å². The third kappa shape index (κ3) is 2.44. The fourth-order valence-electron chi connectivity index (χ4n) is 2.42. The number of ether oxygens (including phenoxy) is 1. The molecule has 1 aliphatic rings. The van der Waals surface area contributed by atoms with Crippen LogP contribution in [-0.4, -0.2) is 30.0 Å². The fourth-order valence-corrected chi connectivity index (χ4v) is 2.42. The zero-order valence-corrected chi connectivity index (χ0v) is 10.4. The van der Waals surface area contributed by atoms with E-state index in [0.717, 1.165) is 25.9 Å². The lowest BCUT2D eigenvalue weighted by Crippen LogP contribution is -2.32. The first-order chi connectivity index (χ1) is 8.27. The molecular weight excluding hydrogens is 221 g/mol. The Hall–Kier alpha value is -1.10.